The SMILES string of the molecule is COc1ccc(C(=O)CSc2nnc(-c3ccc(C)cc3)o2)cc1OC. The molecule has 0 radical (unpaired) electrons. The number of Topliss-reactive ketones (excluding diaryl/α,β-unsaturated/α-hetero) is 1. The summed E-state index contributed by atoms with van der Waals surface area (Å²) in [4.78, 5) is 12.4. The summed E-state index contributed by atoms with van der Waals surface area (Å²) in [6.07, 6.45) is 0. The number of ether oxygens (including phenoxy) is 2. The Balaban J connectivity index is 1.66. The number of hydrogen-bond acceptors (Lipinski definition) is 7. The van der Waals surface area contributed by atoms with Gasteiger partial charge in [0, 0.05) is 11.1 Å². The minimum Gasteiger partial charge on any atom is -0.493 e. The predicted molar refractivity (Wildman–Crippen MR) is 99.1 cm³/mol. The summed E-state index contributed by atoms with van der Waals surface area (Å²) < 4.78 is 16.0. The van der Waals surface area contributed by atoms with E-state index in [1.54, 1.807) is 25.3 Å². The third-order valence-electron chi connectivity index (χ3n) is 3.74. The van der Waals surface area contributed by atoms with E-state index in [0.717, 1.165) is 11.1 Å². The summed E-state index contributed by atoms with van der Waals surface area (Å²) in [7, 11) is 3.09. The summed E-state index contributed by atoms with van der Waals surface area (Å²) >= 11 is 1.20. The van der Waals surface area contributed by atoms with E-state index in [9.17, 15) is 4.79 Å². The largest absolute Gasteiger partial charge is 0.493 e. The third kappa shape index (κ3) is 4.05. The molecule has 1 heterocycles. The Labute approximate surface area is 155 Å². The molecule has 0 bridgehead atoms. The van der Waals surface area contributed by atoms with Crippen molar-refractivity contribution in [2.45, 2.75) is 12.1 Å². The third-order valence-corrected chi connectivity index (χ3v) is 4.56. The molecular weight excluding hydrogens is 352 g/mol. The molecule has 0 fully saturated rings. The van der Waals surface area contributed by atoms with Crippen molar-refractivity contribution in [3.05, 3.63) is 53.6 Å². The first-order chi connectivity index (χ1) is 12.6. The van der Waals surface area contributed by atoms with Gasteiger partial charge in [0.15, 0.2) is 17.3 Å². The number of aryl methyl sites for hydroxylation is 1. The average Bonchev–Trinajstić information content (AvgIpc) is 3.15. The molecule has 0 N–H and O–H groups in total. The number of thioether (sulfide) groups is 1. The topological polar surface area (TPSA) is 74.5 Å². The zero-order valence-electron chi connectivity index (χ0n) is 14.7. The second-order valence-electron chi connectivity index (χ2n) is 5.52. The monoisotopic (exact) mass is 370 g/mol. The normalized spacial score (nSPS) is 10.6. The van der Waals surface area contributed by atoms with Crippen LogP contribution >= 0.6 is 11.8 Å². The Hall–Kier alpha value is -2.80. The van der Waals surface area contributed by atoms with Crippen molar-refractivity contribution in [3.8, 4) is 23.0 Å². The molecule has 0 saturated carbocycles. The van der Waals surface area contributed by atoms with Gasteiger partial charge in [-0.15, -0.1) is 10.2 Å². The van der Waals surface area contributed by atoms with Crippen LogP contribution in [0.15, 0.2) is 52.1 Å². The first-order valence-electron chi connectivity index (χ1n) is 7.89. The molecule has 0 amide bonds. The zero-order chi connectivity index (χ0) is 18.5. The number of benzene rings is 2. The number of ketones is 1. The number of carbonyl (C=O) groups is 1. The molecule has 0 spiro atoms. The molecule has 0 aliphatic carbocycles. The Morgan fingerprint density at radius 3 is 2.46 bits per heavy atom. The number of aromatic nitrogens is 2. The van der Waals surface area contributed by atoms with Crippen LogP contribution in [0.1, 0.15) is 15.9 Å². The van der Waals surface area contributed by atoms with E-state index in [2.05, 4.69) is 10.2 Å². The molecule has 26 heavy (non-hydrogen) atoms. The fraction of sp³-hybridized carbons (Fsp3) is 0.211. The second-order valence-corrected chi connectivity index (χ2v) is 6.45. The summed E-state index contributed by atoms with van der Waals surface area (Å²) in [6.45, 7) is 2.01. The van der Waals surface area contributed by atoms with Gasteiger partial charge in [0.1, 0.15) is 0 Å². The van der Waals surface area contributed by atoms with Crippen LogP contribution in [0.4, 0.5) is 0 Å². The Morgan fingerprint density at radius 1 is 1.04 bits per heavy atom. The first kappa shape index (κ1) is 18.0. The summed E-state index contributed by atoms with van der Waals surface area (Å²) in [5.41, 5.74) is 2.54. The van der Waals surface area contributed by atoms with E-state index in [1.165, 1.54) is 18.9 Å². The minimum atomic E-state index is -0.0639. The number of hydrogen-bond donors (Lipinski definition) is 0. The number of methoxy groups -OCH3 is 2. The lowest BCUT2D eigenvalue weighted by molar-refractivity contribution is 0.102. The Morgan fingerprint density at radius 2 is 1.77 bits per heavy atom. The fourth-order valence-corrected chi connectivity index (χ4v) is 2.96. The lowest BCUT2D eigenvalue weighted by Crippen LogP contribution is -2.03. The molecule has 6 nitrogen and oxygen atoms in total. The fourth-order valence-electron chi connectivity index (χ4n) is 2.30. The number of rotatable bonds is 7. The molecule has 134 valence electrons. The van der Waals surface area contributed by atoms with Gasteiger partial charge in [-0.3, -0.25) is 4.79 Å². The highest BCUT2D eigenvalue weighted by Crippen LogP contribution is 2.29. The number of carbonyl (C=O) groups excluding carboxylic acids is 1. The van der Waals surface area contributed by atoms with Crippen molar-refractivity contribution in [1.29, 1.82) is 0 Å². The molecule has 0 atom stereocenters. The lowest BCUT2D eigenvalue weighted by Gasteiger charge is -2.08. The molecule has 2 aromatic carbocycles. The van der Waals surface area contributed by atoms with E-state index in [-0.39, 0.29) is 11.5 Å². The van der Waals surface area contributed by atoms with Crippen LogP contribution in [0.25, 0.3) is 11.5 Å². The molecule has 0 unspecified atom stereocenters. The summed E-state index contributed by atoms with van der Waals surface area (Å²) in [5.74, 6) is 1.65. The van der Waals surface area contributed by atoms with Gasteiger partial charge in [0.2, 0.25) is 5.89 Å². The van der Waals surface area contributed by atoms with Crippen LogP contribution in [-0.4, -0.2) is 36.0 Å². The van der Waals surface area contributed by atoms with Crippen molar-refractivity contribution in [1.82, 2.24) is 10.2 Å². The van der Waals surface area contributed by atoms with E-state index in [4.69, 9.17) is 13.9 Å². The molecule has 7 heteroatoms. The maximum atomic E-state index is 12.4. The van der Waals surface area contributed by atoms with Crippen molar-refractivity contribution in [2.24, 2.45) is 0 Å². The quantitative estimate of drug-likeness (QED) is 0.459. The number of nitrogens with zero attached hydrogens (tertiary/aromatic N) is 2. The maximum Gasteiger partial charge on any atom is 0.277 e. The van der Waals surface area contributed by atoms with Crippen molar-refractivity contribution in [2.75, 3.05) is 20.0 Å². The highest BCUT2D eigenvalue weighted by molar-refractivity contribution is 7.99. The van der Waals surface area contributed by atoms with Gasteiger partial charge in [-0.1, -0.05) is 29.5 Å². The maximum absolute atomic E-state index is 12.4. The smallest absolute Gasteiger partial charge is 0.277 e. The van der Waals surface area contributed by atoms with E-state index < -0.39 is 0 Å². The van der Waals surface area contributed by atoms with Gasteiger partial charge in [-0.25, -0.2) is 0 Å². The average molecular weight is 370 g/mol. The van der Waals surface area contributed by atoms with Crippen LogP contribution < -0.4 is 9.47 Å². The second kappa shape index (κ2) is 8.05. The van der Waals surface area contributed by atoms with Crippen LogP contribution in [0.2, 0.25) is 0 Å². The van der Waals surface area contributed by atoms with E-state index >= 15 is 0 Å². The molecule has 0 aliphatic heterocycles. The lowest BCUT2D eigenvalue weighted by atomic mass is 10.1. The predicted octanol–water partition coefficient (Wildman–Crippen LogP) is 4.04. The Kier molecular flexibility index (Phi) is 5.58. The first-order valence-corrected chi connectivity index (χ1v) is 8.88. The van der Waals surface area contributed by atoms with Crippen molar-refractivity contribution >= 4 is 17.5 Å². The zero-order valence-corrected chi connectivity index (χ0v) is 15.5. The van der Waals surface area contributed by atoms with Crippen LogP contribution in [0.5, 0.6) is 11.5 Å². The summed E-state index contributed by atoms with van der Waals surface area (Å²) in [6, 6.07) is 12.9. The molecular formula is C19H18N2O4S. The highest BCUT2D eigenvalue weighted by atomic mass is 32.2. The van der Waals surface area contributed by atoms with Gasteiger partial charge >= 0.3 is 0 Å². The van der Waals surface area contributed by atoms with Crippen LogP contribution in [-0.2, 0) is 0 Å². The van der Waals surface area contributed by atoms with Gasteiger partial charge in [-0.2, -0.15) is 0 Å². The van der Waals surface area contributed by atoms with Crippen LogP contribution in [0.3, 0.4) is 0 Å². The summed E-state index contributed by atoms with van der Waals surface area (Å²) in [5, 5.41) is 8.38. The van der Waals surface area contributed by atoms with Gasteiger partial charge in [0.25, 0.3) is 5.22 Å². The standard InChI is InChI=1S/C19H18N2O4S/c1-12-4-6-13(7-5-12)18-20-21-19(25-18)26-11-15(22)14-8-9-16(23-2)17(10-14)24-3/h4-10H,11H2,1-3H3. The van der Waals surface area contributed by atoms with E-state index in [0.29, 0.717) is 28.2 Å². The van der Waals surface area contributed by atoms with E-state index in [1.807, 2.05) is 31.2 Å². The molecule has 3 aromatic rings. The Bertz CT molecular complexity index is 906. The van der Waals surface area contributed by atoms with Gasteiger partial charge in [0.05, 0.1) is 20.0 Å². The molecule has 0 saturated heterocycles. The van der Waals surface area contributed by atoms with Gasteiger partial charge < -0.3 is 13.9 Å². The molecule has 1 aromatic heterocycles. The highest BCUT2D eigenvalue weighted by Gasteiger charge is 2.14. The molecule has 3 rings (SSSR count). The molecule has 0 aliphatic rings. The van der Waals surface area contributed by atoms with Crippen LogP contribution in [0, 0.1) is 6.92 Å². The van der Waals surface area contributed by atoms with Gasteiger partial charge in [-0.05, 0) is 37.3 Å². The van der Waals surface area contributed by atoms with Crippen molar-refractivity contribution in [3.63, 3.8) is 0 Å². The minimum absolute atomic E-state index is 0.0639. The van der Waals surface area contributed by atoms with Crippen molar-refractivity contribution < 1.29 is 18.7 Å².